The number of benzene rings is 1. The molecule has 1 nitrogen and oxygen atoms in total. The molecule has 0 heterocycles. The van der Waals surface area contributed by atoms with Crippen molar-refractivity contribution < 1.29 is 0 Å². The molecular weight excluding hydrogens is 298 g/mol. The molecule has 19 heavy (non-hydrogen) atoms. The summed E-state index contributed by atoms with van der Waals surface area (Å²) in [6.45, 7) is 8.37. The molecule has 3 aliphatic rings. The summed E-state index contributed by atoms with van der Waals surface area (Å²) < 4.78 is 1.17. The van der Waals surface area contributed by atoms with Crippen molar-refractivity contribution in [1.82, 2.24) is 5.32 Å². The van der Waals surface area contributed by atoms with Crippen molar-refractivity contribution in [3.8, 4) is 0 Å². The molecule has 0 spiro atoms. The van der Waals surface area contributed by atoms with Gasteiger partial charge in [-0.25, -0.2) is 0 Å². The van der Waals surface area contributed by atoms with Gasteiger partial charge in [0.1, 0.15) is 0 Å². The number of rotatable bonds is 3. The second-order valence-corrected chi connectivity index (χ2v) is 7.99. The molecule has 3 saturated carbocycles. The molecule has 0 amide bonds. The second-order valence-electron chi connectivity index (χ2n) is 7.07. The van der Waals surface area contributed by atoms with E-state index in [1.807, 2.05) is 0 Å². The Morgan fingerprint density at radius 1 is 1.32 bits per heavy atom. The first-order valence-electron chi connectivity index (χ1n) is 7.46. The summed E-state index contributed by atoms with van der Waals surface area (Å²) in [6.07, 6.45) is 2.82. The van der Waals surface area contributed by atoms with Gasteiger partial charge in [-0.3, -0.25) is 0 Å². The fourth-order valence-corrected chi connectivity index (χ4v) is 4.76. The van der Waals surface area contributed by atoms with Crippen molar-refractivity contribution in [3.05, 3.63) is 34.3 Å². The lowest BCUT2D eigenvalue weighted by Gasteiger charge is -2.62. The van der Waals surface area contributed by atoms with Gasteiger partial charge in [0.05, 0.1) is 0 Å². The highest BCUT2D eigenvalue weighted by atomic mass is 79.9. The molecule has 2 bridgehead atoms. The largest absolute Gasteiger partial charge is 0.310 e. The van der Waals surface area contributed by atoms with Crippen LogP contribution in [-0.2, 0) is 6.54 Å². The normalized spacial score (nSPS) is 35.8. The van der Waals surface area contributed by atoms with Gasteiger partial charge in [-0.05, 0) is 53.7 Å². The minimum absolute atomic E-state index is 0.591. The molecular formula is C17H24BrN. The van der Waals surface area contributed by atoms with Gasteiger partial charge in [0.15, 0.2) is 0 Å². The average Bonchev–Trinajstić information content (AvgIpc) is 2.37. The van der Waals surface area contributed by atoms with Crippen molar-refractivity contribution in [2.75, 3.05) is 0 Å². The van der Waals surface area contributed by atoms with Crippen molar-refractivity contribution in [3.63, 3.8) is 0 Å². The van der Waals surface area contributed by atoms with Gasteiger partial charge in [0.25, 0.3) is 0 Å². The zero-order valence-electron chi connectivity index (χ0n) is 12.1. The Bertz CT molecular complexity index is 468. The summed E-state index contributed by atoms with van der Waals surface area (Å²) in [6, 6.07) is 9.33. The Hall–Kier alpha value is -0.340. The average molecular weight is 322 g/mol. The van der Waals surface area contributed by atoms with Gasteiger partial charge in [-0.2, -0.15) is 0 Å². The number of hydrogen-bond acceptors (Lipinski definition) is 1. The van der Waals surface area contributed by atoms with Gasteiger partial charge < -0.3 is 5.32 Å². The van der Waals surface area contributed by atoms with E-state index < -0.39 is 0 Å². The zero-order valence-corrected chi connectivity index (χ0v) is 13.7. The minimum atomic E-state index is 0.591. The van der Waals surface area contributed by atoms with Crippen LogP contribution in [0.25, 0.3) is 0 Å². The number of halogens is 1. The van der Waals surface area contributed by atoms with Crippen LogP contribution in [0.2, 0.25) is 0 Å². The molecule has 4 atom stereocenters. The lowest BCUT2D eigenvalue weighted by Crippen LogP contribution is -2.59. The third-order valence-electron chi connectivity index (χ3n) is 5.81. The predicted molar refractivity (Wildman–Crippen MR) is 83.9 cm³/mol. The van der Waals surface area contributed by atoms with Crippen LogP contribution in [0, 0.1) is 23.2 Å². The van der Waals surface area contributed by atoms with E-state index in [2.05, 4.69) is 66.3 Å². The molecule has 0 unspecified atom stereocenters. The van der Waals surface area contributed by atoms with Crippen LogP contribution in [0.1, 0.15) is 39.2 Å². The molecule has 1 aromatic carbocycles. The molecule has 0 aliphatic heterocycles. The Kier molecular flexibility index (Phi) is 3.51. The molecule has 0 aromatic heterocycles. The maximum absolute atomic E-state index is 3.79. The highest BCUT2D eigenvalue weighted by Crippen LogP contribution is 2.61. The Morgan fingerprint density at radius 2 is 2.11 bits per heavy atom. The molecule has 0 radical (unpaired) electrons. The molecule has 4 rings (SSSR count). The number of nitrogens with one attached hydrogen (secondary N) is 1. The summed E-state index contributed by atoms with van der Waals surface area (Å²) in [5.41, 5.74) is 1.97. The summed E-state index contributed by atoms with van der Waals surface area (Å²) >= 11 is 3.54. The summed E-state index contributed by atoms with van der Waals surface area (Å²) in [5, 5.41) is 3.79. The van der Waals surface area contributed by atoms with Crippen LogP contribution < -0.4 is 5.32 Å². The van der Waals surface area contributed by atoms with Crippen LogP contribution >= 0.6 is 15.9 Å². The molecule has 1 N–H and O–H groups in total. The fraction of sp³-hybridized carbons (Fsp3) is 0.647. The first-order chi connectivity index (χ1) is 8.98. The van der Waals surface area contributed by atoms with Crippen LogP contribution in [-0.4, -0.2) is 6.04 Å². The van der Waals surface area contributed by atoms with E-state index in [4.69, 9.17) is 0 Å². The Labute approximate surface area is 125 Å². The van der Waals surface area contributed by atoms with Crippen molar-refractivity contribution in [2.45, 2.75) is 46.2 Å². The van der Waals surface area contributed by atoms with Gasteiger partial charge in [-0.1, -0.05) is 48.8 Å². The topological polar surface area (TPSA) is 12.0 Å². The highest BCUT2D eigenvalue weighted by molar-refractivity contribution is 9.10. The van der Waals surface area contributed by atoms with Crippen molar-refractivity contribution >= 4 is 15.9 Å². The molecule has 104 valence electrons. The quantitative estimate of drug-likeness (QED) is 0.857. The first kappa shape index (κ1) is 13.6. The van der Waals surface area contributed by atoms with Crippen LogP contribution in [0.15, 0.2) is 28.7 Å². The zero-order chi connectivity index (χ0) is 13.6. The van der Waals surface area contributed by atoms with E-state index in [0.717, 1.165) is 24.3 Å². The third kappa shape index (κ3) is 2.38. The lowest BCUT2D eigenvalue weighted by atomic mass is 9.45. The first-order valence-corrected chi connectivity index (χ1v) is 8.25. The molecule has 1 aromatic rings. The van der Waals surface area contributed by atoms with Crippen LogP contribution in [0.3, 0.4) is 0 Å². The van der Waals surface area contributed by atoms with Crippen molar-refractivity contribution in [1.29, 1.82) is 0 Å². The second kappa shape index (κ2) is 4.89. The summed E-state index contributed by atoms with van der Waals surface area (Å²) in [7, 11) is 0. The van der Waals surface area contributed by atoms with Gasteiger partial charge in [0.2, 0.25) is 0 Å². The molecule has 3 fully saturated rings. The maximum atomic E-state index is 3.79. The summed E-state index contributed by atoms with van der Waals surface area (Å²) in [5.74, 6) is 2.67. The third-order valence-corrected chi connectivity index (χ3v) is 6.30. The number of hydrogen-bond donors (Lipinski definition) is 1. The maximum Gasteiger partial charge on any atom is 0.0208 e. The summed E-state index contributed by atoms with van der Waals surface area (Å²) in [4.78, 5) is 0. The lowest BCUT2D eigenvalue weighted by molar-refractivity contribution is -0.115. The van der Waals surface area contributed by atoms with Crippen LogP contribution in [0.4, 0.5) is 0 Å². The van der Waals surface area contributed by atoms with E-state index >= 15 is 0 Å². The standard InChI is InChI=1S/C17H24BrN/c1-11-15-8-13(17(15,2)3)9-16(11)19-10-12-5-4-6-14(18)7-12/h4-7,11,13,15-16,19H,8-10H2,1-3H3/t11-,13+,15-,16-/m0/s1. The van der Waals surface area contributed by atoms with E-state index in [-0.39, 0.29) is 0 Å². The van der Waals surface area contributed by atoms with Gasteiger partial charge in [-0.15, -0.1) is 0 Å². The molecule has 2 heteroatoms. The van der Waals surface area contributed by atoms with Crippen LogP contribution in [0.5, 0.6) is 0 Å². The Balaban J connectivity index is 1.60. The predicted octanol–water partition coefficient (Wildman–Crippen LogP) is 4.61. The molecule has 0 saturated heterocycles. The van der Waals surface area contributed by atoms with E-state index in [1.54, 1.807) is 0 Å². The monoisotopic (exact) mass is 321 g/mol. The molecule has 3 aliphatic carbocycles. The Morgan fingerprint density at radius 3 is 2.74 bits per heavy atom. The van der Waals surface area contributed by atoms with Crippen molar-refractivity contribution in [2.24, 2.45) is 23.2 Å². The smallest absolute Gasteiger partial charge is 0.0208 e. The SMILES string of the molecule is C[C@@H]1[C@@H](NCc2cccc(Br)c2)C[C@H]2C[C@@H]1C2(C)C. The van der Waals surface area contributed by atoms with E-state index in [1.165, 1.54) is 22.9 Å². The van der Waals surface area contributed by atoms with Gasteiger partial charge in [0, 0.05) is 17.1 Å². The van der Waals surface area contributed by atoms with Gasteiger partial charge >= 0.3 is 0 Å². The highest BCUT2D eigenvalue weighted by Gasteiger charge is 2.55. The minimum Gasteiger partial charge on any atom is -0.310 e. The van der Waals surface area contributed by atoms with E-state index in [9.17, 15) is 0 Å². The van der Waals surface area contributed by atoms with E-state index in [0.29, 0.717) is 11.5 Å². The fourth-order valence-electron chi connectivity index (χ4n) is 4.32. The number of fused-ring (bicyclic) bond motifs is 2.